The first-order valence-electron chi connectivity index (χ1n) is 9.96. The number of allylic oxidation sites excluding steroid dienone is 2. The van der Waals surface area contributed by atoms with E-state index in [-0.39, 0.29) is 0 Å². The molecule has 1 aromatic carbocycles. The fraction of sp³-hybridized carbons (Fsp3) is 0.0833. The van der Waals surface area contributed by atoms with Gasteiger partial charge in [-0.1, -0.05) is 18.7 Å². The van der Waals surface area contributed by atoms with Crippen molar-refractivity contribution >= 4 is 33.6 Å². The standard InChI is InChI=1S/C24H21N7/c1-4-16(12-25-5-2)17-6-7-21-18(10-17)23(30-29-21)22-11-19-20(28-22)8-9-26-24(19)31-13-15(3)27-14-31/h4-14,28H,2H2,1,3H3,(H,29,30)/b16-4+,25-12?. The average molecular weight is 407 g/mol. The van der Waals surface area contributed by atoms with Crippen molar-refractivity contribution in [3.05, 3.63) is 79.2 Å². The van der Waals surface area contributed by atoms with Gasteiger partial charge >= 0.3 is 0 Å². The maximum absolute atomic E-state index is 4.59. The first-order valence-corrected chi connectivity index (χ1v) is 9.96. The summed E-state index contributed by atoms with van der Waals surface area (Å²) in [5.41, 5.74) is 6.77. The molecule has 0 bridgehead atoms. The van der Waals surface area contributed by atoms with Gasteiger partial charge in [-0.15, -0.1) is 0 Å². The van der Waals surface area contributed by atoms with Gasteiger partial charge in [-0.05, 0) is 49.2 Å². The number of nitrogens with one attached hydrogen (secondary N) is 2. The maximum Gasteiger partial charge on any atom is 0.147 e. The van der Waals surface area contributed by atoms with Gasteiger partial charge in [-0.3, -0.25) is 14.7 Å². The van der Waals surface area contributed by atoms with Gasteiger partial charge in [0.1, 0.15) is 17.8 Å². The molecule has 0 atom stereocenters. The van der Waals surface area contributed by atoms with Gasteiger partial charge in [0.2, 0.25) is 0 Å². The van der Waals surface area contributed by atoms with Crippen molar-refractivity contribution in [3.63, 3.8) is 0 Å². The molecule has 0 amide bonds. The van der Waals surface area contributed by atoms with Crippen molar-refractivity contribution in [3.8, 4) is 17.2 Å². The smallest absolute Gasteiger partial charge is 0.147 e. The zero-order chi connectivity index (χ0) is 21.4. The predicted octanol–water partition coefficient (Wildman–Crippen LogP) is 5.22. The molecule has 0 aliphatic carbocycles. The van der Waals surface area contributed by atoms with E-state index in [0.29, 0.717) is 0 Å². The second kappa shape index (κ2) is 7.53. The molecule has 0 unspecified atom stereocenters. The van der Waals surface area contributed by atoms with E-state index in [1.54, 1.807) is 12.5 Å². The summed E-state index contributed by atoms with van der Waals surface area (Å²) in [6.07, 6.45) is 10.9. The number of benzene rings is 1. The number of fused-ring (bicyclic) bond motifs is 2. The van der Waals surface area contributed by atoms with Gasteiger partial charge < -0.3 is 4.98 Å². The van der Waals surface area contributed by atoms with E-state index in [1.165, 1.54) is 6.20 Å². The number of hydrogen-bond acceptors (Lipinski definition) is 4. The Labute approximate surface area is 178 Å². The summed E-state index contributed by atoms with van der Waals surface area (Å²) in [6, 6.07) is 10.3. The van der Waals surface area contributed by atoms with Crippen molar-refractivity contribution in [2.24, 2.45) is 4.99 Å². The van der Waals surface area contributed by atoms with Crippen LogP contribution in [-0.4, -0.2) is 35.9 Å². The highest BCUT2D eigenvalue weighted by Crippen LogP contribution is 2.32. The van der Waals surface area contributed by atoms with Crippen molar-refractivity contribution in [1.29, 1.82) is 0 Å². The van der Waals surface area contributed by atoms with Crippen LogP contribution < -0.4 is 0 Å². The molecule has 4 heterocycles. The Morgan fingerprint density at radius 3 is 2.81 bits per heavy atom. The molecule has 0 spiro atoms. The highest BCUT2D eigenvalue weighted by molar-refractivity contribution is 6.11. The molecule has 31 heavy (non-hydrogen) atoms. The van der Waals surface area contributed by atoms with Crippen LogP contribution in [0.1, 0.15) is 18.2 Å². The maximum atomic E-state index is 4.59. The number of aromatic amines is 2. The Kier molecular flexibility index (Phi) is 4.55. The zero-order valence-electron chi connectivity index (χ0n) is 17.3. The molecule has 0 aliphatic heterocycles. The normalized spacial score (nSPS) is 12.4. The summed E-state index contributed by atoms with van der Waals surface area (Å²) in [4.78, 5) is 16.6. The van der Waals surface area contributed by atoms with Gasteiger partial charge in [-0.2, -0.15) is 5.10 Å². The molecular formula is C24H21N7. The van der Waals surface area contributed by atoms with E-state index in [9.17, 15) is 0 Å². The van der Waals surface area contributed by atoms with Crippen LogP contribution in [0.15, 0.2) is 72.9 Å². The molecule has 0 saturated carbocycles. The third kappa shape index (κ3) is 3.26. The van der Waals surface area contributed by atoms with Crippen LogP contribution in [0.3, 0.4) is 0 Å². The number of H-pyrrole nitrogens is 2. The van der Waals surface area contributed by atoms with E-state index in [0.717, 1.165) is 55.8 Å². The van der Waals surface area contributed by atoms with E-state index in [1.807, 2.05) is 49.0 Å². The number of rotatable bonds is 5. The van der Waals surface area contributed by atoms with Crippen LogP contribution in [0.2, 0.25) is 0 Å². The van der Waals surface area contributed by atoms with Crippen molar-refractivity contribution in [2.45, 2.75) is 13.8 Å². The number of aromatic nitrogens is 6. The van der Waals surface area contributed by atoms with Crippen molar-refractivity contribution in [2.75, 3.05) is 0 Å². The first kappa shape index (κ1) is 18.7. The summed E-state index contributed by atoms with van der Waals surface area (Å²) < 4.78 is 1.94. The summed E-state index contributed by atoms with van der Waals surface area (Å²) in [7, 11) is 0. The minimum atomic E-state index is 0.831. The molecule has 5 aromatic rings. The highest BCUT2D eigenvalue weighted by Gasteiger charge is 2.15. The Balaban J connectivity index is 1.65. The summed E-state index contributed by atoms with van der Waals surface area (Å²) >= 11 is 0. The largest absolute Gasteiger partial charge is 0.353 e. The highest BCUT2D eigenvalue weighted by atomic mass is 15.1. The van der Waals surface area contributed by atoms with Gasteiger partial charge in [0.25, 0.3) is 0 Å². The molecule has 152 valence electrons. The Hall–Kier alpha value is -4.26. The topological polar surface area (TPSA) is 87.5 Å². The molecular weight excluding hydrogens is 386 g/mol. The first-order chi connectivity index (χ1) is 15.2. The van der Waals surface area contributed by atoms with Gasteiger partial charge in [0.15, 0.2) is 0 Å². The van der Waals surface area contributed by atoms with Gasteiger partial charge in [0, 0.05) is 35.6 Å². The predicted molar refractivity (Wildman–Crippen MR) is 125 cm³/mol. The summed E-state index contributed by atoms with van der Waals surface area (Å²) in [5.74, 6) is 0.831. The summed E-state index contributed by atoms with van der Waals surface area (Å²) in [6.45, 7) is 7.61. The quantitative estimate of drug-likeness (QED) is 0.392. The number of nitrogens with zero attached hydrogens (tertiary/aromatic N) is 5. The lowest BCUT2D eigenvalue weighted by Crippen LogP contribution is -1.94. The van der Waals surface area contributed by atoms with Crippen molar-refractivity contribution in [1.82, 2.24) is 29.7 Å². The third-order valence-corrected chi connectivity index (χ3v) is 5.26. The molecule has 4 aromatic heterocycles. The Morgan fingerprint density at radius 1 is 1.13 bits per heavy atom. The molecule has 0 aliphatic rings. The number of aryl methyl sites for hydroxylation is 1. The lowest BCUT2D eigenvalue weighted by atomic mass is 10.0. The van der Waals surface area contributed by atoms with E-state index in [4.69, 9.17) is 0 Å². The number of aliphatic imine (C=N–C) groups is 1. The monoisotopic (exact) mass is 407 g/mol. The average Bonchev–Trinajstić information content (AvgIpc) is 3.51. The molecule has 0 fully saturated rings. The van der Waals surface area contributed by atoms with Crippen LogP contribution in [0, 0.1) is 6.92 Å². The van der Waals surface area contributed by atoms with Crippen molar-refractivity contribution < 1.29 is 0 Å². The Morgan fingerprint density at radius 2 is 2.03 bits per heavy atom. The molecule has 7 nitrogen and oxygen atoms in total. The van der Waals surface area contributed by atoms with Gasteiger partial charge in [-0.25, -0.2) is 9.97 Å². The fourth-order valence-corrected chi connectivity index (χ4v) is 3.76. The lowest BCUT2D eigenvalue weighted by molar-refractivity contribution is 1.01. The SMILES string of the molecule is C=CN=C/C(=C\C)c1ccc2[nH]nc(-c3cc4c(-n5cnc(C)c5)nccc4[nH]3)c2c1. The minimum Gasteiger partial charge on any atom is -0.353 e. The molecule has 5 rings (SSSR count). The van der Waals surface area contributed by atoms with Crippen LogP contribution in [0.4, 0.5) is 0 Å². The number of hydrogen-bond donors (Lipinski definition) is 2. The van der Waals surface area contributed by atoms with E-state index >= 15 is 0 Å². The fourth-order valence-electron chi connectivity index (χ4n) is 3.76. The van der Waals surface area contributed by atoms with Crippen LogP contribution in [-0.2, 0) is 0 Å². The molecule has 0 radical (unpaired) electrons. The second-order valence-electron chi connectivity index (χ2n) is 7.24. The van der Waals surface area contributed by atoms with E-state index in [2.05, 4.69) is 54.9 Å². The molecule has 2 N–H and O–H groups in total. The van der Waals surface area contributed by atoms with Crippen LogP contribution >= 0.6 is 0 Å². The Bertz CT molecular complexity index is 1480. The zero-order valence-corrected chi connectivity index (χ0v) is 17.3. The lowest BCUT2D eigenvalue weighted by Gasteiger charge is -2.02. The van der Waals surface area contributed by atoms with Gasteiger partial charge in [0.05, 0.1) is 22.4 Å². The summed E-state index contributed by atoms with van der Waals surface area (Å²) in [5, 5.41) is 9.77. The third-order valence-electron chi connectivity index (χ3n) is 5.26. The van der Waals surface area contributed by atoms with Crippen LogP contribution in [0.25, 0.3) is 44.6 Å². The molecule has 0 saturated heterocycles. The van der Waals surface area contributed by atoms with E-state index < -0.39 is 0 Å². The number of imidazole rings is 1. The molecule has 7 heteroatoms. The van der Waals surface area contributed by atoms with Crippen LogP contribution in [0.5, 0.6) is 0 Å². The second-order valence-corrected chi connectivity index (χ2v) is 7.24. The number of pyridine rings is 1. The minimum absolute atomic E-state index is 0.831.